The zero-order valence-electron chi connectivity index (χ0n) is 18.9. The molecule has 1 aliphatic carbocycles. The Bertz CT molecular complexity index is 1080. The quantitative estimate of drug-likeness (QED) is 0.613. The van der Waals surface area contributed by atoms with E-state index in [-0.39, 0.29) is 29.6 Å². The number of aliphatic hydroxyl groups is 1. The molecule has 0 aliphatic heterocycles. The van der Waals surface area contributed by atoms with E-state index < -0.39 is 9.84 Å². The lowest BCUT2D eigenvalue weighted by molar-refractivity contribution is -0.115. The van der Waals surface area contributed by atoms with E-state index in [4.69, 9.17) is 0 Å². The van der Waals surface area contributed by atoms with Crippen molar-refractivity contribution in [3.8, 4) is 0 Å². The molecule has 0 amide bonds. The number of ketones is 1. The Morgan fingerprint density at radius 3 is 2.03 bits per heavy atom. The van der Waals surface area contributed by atoms with Crippen LogP contribution in [0.3, 0.4) is 0 Å². The van der Waals surface area contributed by atoms with E-state index in [0.717, 1.165) is 40.7 Å². The summed E-state index contributed by atoms with van der Waals surface area (Å²) in [5, 5.41) is 10.9. The fourth-order valence-corrected chi connectivity index (χ4v) is 5.90. The van der Waals surface area contributed by atoms with Crippen molar-refractivity contribution < 1.29 is 18.3 Å². The summed E-state index contributed by atoms with van der Waals surface area (Å²) in [6, 6.07) is 11.0. The lowest BCUT2D eigenvalue weighted by Gasteiger charge is -2.26. The maximum absolute atomic E-state index is 13.1. The van der Waals surface area contributed by atoms with Crippen LogP contribution < -0.4 is 0 Å². The van der Waals surface area contributed by atoms with E-state index in [2.05, 4.69) is 26.0 Å². The molecule has 0 saturated carbocycles. The normalized spacial score (nSPS) is 17.3. The first-order chi connectivity index (χ1) is 14.7. The van der Waals surface area contributed by atoms with E-state index in [1.54, 1.807) is 24.3 Å². The molecule has 1 unspecified atom stereocenters. The van der Waals surface area contributed by atoms with Crippen molar-refractivity contribution in [1.82, 2.24) is 0 Å². The third-order valence-corrected chi connectivity index (χ3v) is 7.92. The highest BCUT2D eigenvalue weighted by Gasteiger charge is 2.31. The molecule has 166 valence electrons. The molecule has 0 bridgehead atoms. The monoisotopic (exact) mass is 440 g/mol. The molecule has 5 heteroatoms. The van der Waals surface area contributed by atoms with E-state index in [1.807, 2.05) is 13.8 Å². The van der Waals surface area contributed by atoms with Crippen LogP contribution in [0.4, 0.5) is 0 Å². The largest absolute Gasteiger partial charge is 0.512 e. The maximum atomic E-state index is 13.1. The van der Waals surface area contributed by atoms with E-state index in [9.17, 15) is 18.3 Å². The number of hydrogen-bond acceptors (Lipinski definition) is 4. The number of benzene rings is 2. The highest BCUT2D eigenvalue weighted by molar-refractivity contribution is 7.91. The van der Waals surface area contributed by atoms with Gasteiger partial charge in [-0.05, 0) is 67.9 Å². The summed E-state index contributed by atoms with van der Waals surface area (Å²) >= 11 is 0. The fraction of sp³-hybridized carbons (Fsp3) is 0.423. The highest BCUT2D eigenvalue weighted by Crippen LogP contribution is 2.37. The van der Waals surface area contributed by atoms with Gasteiger partial charge in [-0.2, -0.15) is 0 Å². The zero-order valence-corrected chi connectivity index (χ0v) is 19.7. The number of hydrogen-bond donors (Lipinski definition) is 1. The number of sulfone groups is 1. The summed E-state index contributed by atoms with van der Waals surface area (Å²) in [7, 11) is -3.41. The second kappa shape index (κ2) is 9.39. The molecule has 0 saturated heterocycles. The molecule has 0 heterocycles. The van der Waals surface area contributed by atoms with Crippen LogP contribution in [0.15, 0.2) is 47.1 Å². The Morgan fingerprint density at radius 2 is 1.52 bits per heavy atom. The van der Waals surface area contributed by atoms with Gasteiger partial charge in [0.05, 0.1) is 16.2 Å². The van der Waals surface area contributed by atoms with Crippen LogP contribution in [0.5, 0.6) is 0 Å². The molecular weight excluding hydrogens is 408 g/mol. The standard InChI is InChI=1S/C26H32O4S/c1-5-20-13-18(4)14-21(6-2)25(20)26-23(27)15-19(16-24(26)28)11-12-31(29,30)22-9-7-17(3)8-10-22/h7-10,13-14,19,27H,5-6,11-12,15-16H2,1-4H3. The fourth-order valence-electron chi connectivity index (χ4n) is 4.47. The van der Waals surface area contributed by atoms with Crippen LogP contribution in [-0.2, 0) is 27.5 Å². The van der Waals surface area contributed by atoms with Gasteiger partial charge in [0, 0.05) is 12.8 Å². The Labute approximate surface area is 185 Å². The van der Waals surface area contributed by atoms with Gasteiger partial charge in [0.15, 0.2) is 15.6 Å². The van der Waals surface area contributed by atoms with Crippen LogP contribution in [0, 0.1) is 19.8 Å². The van der Waals surface area contributed by atoms with Crippen LogP contribution in [-0.4, -0.2) is 25.1 Å². The number of Topliss-reactive ketones (excluding diaryl/α,β-unsaturated/α-hetero) is 1. The Kier molecular flexibility index (Phi) is 7.05. The zero-order chi connectivity index (χ0) is 22.8. The summed E-state index contributed by atoms with van der Waals surface area (Å²) in [5.74, 6) is -0.185. The third kappa shape index (κ3) is 5.09. The van der Waals surface area contributed by atoms with Gasteiger partial charge >= 0.3 is 0 Å². The average Bonchev–Trinajstić information content (AvgIpc) is 2.72. The summed E-state index contributed by atoms with van der Waals surface area (Å²) in [5.41, 5.74) is 5.63. The summed E-state index contributed by atoms with van der Waals surface area (Å²) in [6.07, 6.45) is 2.53. The van der Waals surface area contributed by atoms with Gasteiger partial charge in [-0.15, -0.1) is 0 Å². The Hall–Kier alpha value is -2.40. The first kappa shape index (κ1) is 23.3. The molecule has 4 nitrogen and oxygen atoms in total. The maximum Gasteiger partial charge on any atom is 0.178 e. The lowest BCUT2D eigenvalue weighted by Crippen LogP contribution is -2.22. The predicted molar refractivity (Wildman–Crippen MR) is 125 cm³/mol. The van der Waals surface area contributed by atoms with Crippen molar-refractivity contribution in [2.75, 3.05) is 5.75 Å². The molecule has 1 aliphatic rings. The van der Waals surface area contributed by atoms with Gasteiger partial charge in [-0.1, -0.05) is 49.2 Å². The Balaban J connectivity index is 1.83. The van der Waals surface area contributed by atoms with Crippen LogP contribution in [0.1, 0.15) is 60.9 Å². The molecule has 0 spiro atoms. The molecule has 2 aromatic carbocycles. The topological polar surface area (TPSA) is 71.4 Å². The number of aryl methyl sites for hydroxylation is 4. The minimum atomic E-state index is -3.41. The molecule has 0 aromatic heterocycles. The molecular formula is C26H32O4S. The molecule has 2 aromatic rings. The lowest BCUT2D eigenvalue weighted by atomic mass is 9.79. The summed E-state index contributed by atoms with van der Waals surface area (Å²) < 4.78 is 25.3. The van der Waals surface area contributed by atoms with Crippen molar-refractivity contribution in [3.05, 3.63) is 70.0 Å². The molecule has 3 rings (SSSR count). The van der Waals surface area contributed by atoms with Gasteiger partial charge < -0.3 is 5.11 Å². The second-order valence-electron chi connectivity index (χ2n) is 8.61. The van der Waals surface area contributed by atoms with Crippen molar-refractivity contribution in [2.45, 2.75) is 64.7 Å². The number of carbonyl (C=O) groups excluding carboxylic acids is 1. The van der Waals surface area contributed by atoms with Crippen molar-refractivity contribution in [1.29, 1.82) is 0 Å². The van der Waals surface area contributed by atoms with Gasteiger partial charge in [-0.3, -0.25) is 4.79 Å². The minimum absolute atomic E-state index is 0.0262. The van der Waals surface area contributed by atoms with Gasteiger partial charge in [0.25, 0.3) is 0 Å². The van der Waals surface area contributed by atoms with Gasteiger partial charge in [0.2, 0.25) is 0 Å². The van der Waals surface area contributed by atoms with Crippen LogP contribution in [0.2, 0.25) is 0 Å². The third-order valence-electron chi connectivity index (χ3n) is 6.16. The smallest absolute Gasteiger partial charge is 0.178 e. The van der Waals surface area contributed by atoms with Crippen LogP contribution in [0.25, 0.3) is 5.57 Å². The number of allylic oxidation sites excluding steroid dienone is 2. The van der Waals surface area contributed by atoms with E-state index >= 15 is 0 Å². The molecule has 31 heavy (non-hydrogen) atoms. The van der Waals surface area contributed by atoms with E-state index in [1.165, 1.54) is 0 Å². The number of carbonyl (C=O) groups is 1. The summed E-state index contributed by atoms with van der Waals surface area (Å²) in [4.78, 5) is 13.4. The number of rotatable bonds is 7. The first-order valence-electron chi connectivity index (χ1n) is 11.0. The molecule has 0 radical (unpaired) electrons. The van der Waals surface area contributed by atoms with Gasteiger partial charge in [-0.25, -0.2) is 8.42 Å². The second-order valence-corrected chi connectivity index (χ2v) is 10.7. The molecule has 0 fully saturated rings. The van der Waals surface area contributed by atoms with Gasteiger partial charge in [0.1, 0.15) is 5.76 Å². The summed E-state index contributed by atoms with van der Waals surface area (Å²) in [6.45, 7) is 8.07. The van der Waals surface area contributed by atoms with Crippen molar-refractivity contribution in [2.24, 2.45) is 5.92 Å². The minimum Gasteiger partial charge on any atom is -0.512 e. The van der Waals surface area contributed by atoms with Crippen LogP contribution >= 0.6 is 0 Å². The number of aliphatic hydroxyl groups excluding tert-OH is 1. The highest BCUT2D eigenvalue weighted by atomic mass is 32.2. The van der Waals surface area contributed by atoms with E-state index in [0.29, 0.717) is 23.3 Å². The molecule has 1 atom stereocenters. The molecule has 1 N–H and O–H groups in total. The predicted octanol–water partition coefficient (Wildman–Crippen LogP) is 5.54. The SMILES string of the molecule is CCc1cc(C)cc(CC)c1C1=C(O)CC(CCS(=O)(=O)c2ccc(C)cc2)CC1=O. The van der Waals surface area contributed by atoms with Crippen molar-refractivity contribution in [3.63, 3.8) is 0 Å². The van der Waals surface area contributed by atoms with Crippen molar-refractivity contribution >= 4 is 21.2 Å². The average molecular weight is 441 g/mol. The first-order valence-corrected chi connectivity index (χ1v) is 12.7. The Morgan fingerprint density at radius 1 is 0.935 bits per heavy atom.